The zero-order valence-electron chi connectivity index (χ0n) is 22.1. The van der Waals surface area contributed by atoms with Crippen LogP contribution in [0.2, 0.25) is 0 Å². The first-order chi connectivity index (χ1) is 17.1. The van der Waals surface area contributed by atoms with E-state index < -0.39 is 29.7 Å². The second-order valence-electron chi connectivity index (χ2n) is 10.3. The van der Waals surface area contributed by atoms with Gasteiger partial charge in [0.1, 0.15) is 24.2 Å². The van der Waals surface area contributed by atoms with E-state index in [0.29, 0.717) is 17.7 Å². The van der Waals surface area contributed by atoms with Gasteiger partial charge in [0.2, 0.25) is 11.8 Å². The summed E-state index contributed by atoms with van der Waals surface area (Å²) in [6, 6.07) is 7.59. The van der Waals surface area contributed by atoms with Crippen LogP contribution >= 0.6 is 11.8 Å². The van der Waals surface area contributed by atoms with E-state index in [1.807, 2.05) is 31.4 Å². The van der Waals surface area contributed by atoms with Gasteiger partial charge >= 0.3 is 6.09 Å². The van der Waals surface area contributed by atoms with E-state index in [-0.39, 0.29) is 18.5 Å². The molecule has 2 N–H and O–H groups in total. The quantitative estimate of drug-likeness (QED) is 0.444. The van der Waals surface area contributed by atoms with Crippen molar-refractivity contribution in [1.29, 1.82) is 5.26 Å². The van der Waals surface area contributed by atoms with Crippen LogP contribution in [0.15, 0.2) is 24.3 Å². The van der Waals surface area contributed by atoms with Crippen molar-refractivity contribution in [3.05, 3.63) is 35.4 Å². The Balaban J connectivity index is 2.40. The van der Waals surface area contributed by atoms with Crippen LogP contribution < -0.4 is 10.6 Å². The van der Waals surface area contributed by atoms with E-state index in [1.165, 1.54) is 4.90 Å². The summed E-state index contributed by atoms with van der Waals surface area (Å²) in [5, 5.41) is 15.4. The molecule has 198 valence electrons. The number of hydrogen-bond acceptors (Lipinski definition) is 6. The number of aryl methyl sites for hydroxylation is 1. The molecule has 36 heavy (non-hydrogen) atoms. The molecule has 1 saturated carbocycles. The molecule has 0 bridgehead atoms. The van der Waals surface area contributed by atoms with Crippen molar-refractivity contribution in [1.82, 2.24) is 15.5 Å². The summed E-state index contributed by atoms with van der Waals surface area (Å²) in [7, 11) is 0. The predicted octanol–water partition coefficient (Wildman–Crippen LogP) is 4.48. The smallest absolute Gasteiger partial charge is 0.408 e. The number of alkyl carbamates (subject to hydrolysis) is 1. The minimum Gasteiger partial charge on any atom is -0.444 e. The molecule has 3 amide bonds. The van der Waals surface area contributed by atoms with E-state index >= 15 is 0 Å². The number of carbonyl (C=O) groups excluding carboxylic acids is 3. The minimum absolute atomic E-state index is 0.0461. The van der Waals surface area contributed by atoms with Gasteiger partial charge in [-0.25, -0.2) is 4.79 Å². The zero-order chi connectivity index (χ0) is 26.7. The van der Waals surface area contributed by atoms with E-state index in [0.717, 1.165) is 37.7 Å². The van der Waals surface area contributed by atoms with Gasteiger partial charge in [-0.05, 0) is 64.5 Å². The van der Waals surface area contributed by atoms with Crippen molar-refractivity contribution in [3.8, 4) is 6.07 Å². The number of ether oxygens (including phenoxy) is 1. The third kappa shape index (κ3) is 9.38. The van der Waals surface area contributed by atoms with Gasteiger partial charge in [-0.2, -0.15) is 17.0 Å². The molecule has 0 heterocycles. The first kappa shape index (κ1) is 29.5. The standard InChI is InChI=1S/C27H40N4O4S/c1-19-10-9-11-20(18-19)23(24(32)29-21-12-7-6-8-13-21)31(16-15-28)25(33)22(14-17-36-5)30-26(34)35-27(2,3)4/h9-11,18,21-23H,6-8,12-14,16-17H2,1-5H3,(H,29,32)(H,30,34). The van der Waals surface area contributed by atoms with E-state index in [2.05, 4.69) is 16.7 Å². The SMILES string of the molecule is CSCCC(NC(=O)OC(C)(C)C)C(=O)N(CC#N)C(C(=O)NC1CCCCC1)c1cccc(C)c1. The Morgan fingerprint density at radius 2 is 1.92 bits per heavy atom. The Bertz CT molecular complexity index is 934. The monoisotopic (exact) mass is 516 g/mol. The first-order valence-corrected chi connectivity index (χ1v) is 14.0. The van der Waals surface area contributed by atoms with Gasteiger partial charge in [-0.3, -0.25) is 9.59 Å². The summed E-state index contributed by atoms with van der Waals surface area (Å²) in [6.07, 6.45) is 6.60. The molecule has 1 aromatic carbocycles. The number of nitriles is 1. The highest BCUT2D eigenvalue weighted by Gasteiger charge is 2.37. The van der Waals surface area contributed by atoms with Crippen molar-refractivity contribution in [2.24, 2.45) is 0 Å². The number of nitrogens with zero attached hydrogens (tertiary/aromatic N) is 2. The molecule has 0 aromatic heterocycles. The summed E-state index contributed by atoms with van der Waals surface area (Å²) < 4.78 is 5.37. The van der Waals surface area contributed by atoms with E-state index in [4.69, 9.17) is 4.74 Å². The van der Waals surface area contributed by atoms with Crippen LogP contribution in [0.5, 0.6) is 0 Å². The Morgan fingerprint density at radius 1 is 1.22 bits per heavy atom. The molecule has 0 spiro atoms. The number of benzene rings is 1. The molecule has 0 saturated heterocycles. The number of carbonyl (C=O) groups is 3. The van der Waals surface area contributed by atoms with Crippen LogP contribution in [0.1, 0.15) is 76.5 Å². The Kier molecular flexibility index (Phi) is 11.6. The van der Waals surface area contributed by atoms with Crippen LogP contribution in [0.4, 0.5) is 4.79 Å². The molecule has 1 fully saturated rings. The maximum atomic E-state index is 13.9. The van der Waals surface area contributed by atoms with Crippen molar-refractivity contribution in [2.75, 3.05) is 18.6 Å². The summed E-state index contributed by atoms with van der Waals surface area (Å²) >= 11 is 1.54. The van der Waals surface area contributed by atoms with Gasteiger partial charge in [-0.15, -0.1) is 0 Å². The highest BCUT2D eigenvalue weighted by Crippen LogP contribution is 2.26. The Morgan fingerprint density at radius 3 is 2.50 bits per heavy atom. The van der Waals surface area contributed by atoms with Gasteiger partial charge in [0.25, 0.3) is 0 Å². The van der Waals surface area contributed by atoms with Crippen molar-refractivity contribution < 1.29 is 19.1 Å². The number of hydrogen-bond donors (Lipinski definition) is 2. The molecular formula is C27H40N4O4S. The third-order valence-electron chi connectivity index (χ3n) is 5.99. The molecule has 2 unspecified atom stereocenters. The lowest BCUT2D eigenvalue weighted by Crippen LogP contribution is -2.54. The van der Waals surface area contributed by atoms with Crippen molar-refractivity contribution >= 4 is 29.7 Å². The fraction of sp³-hybridized carbons (Fsp3) is 0.630. The third-order valence-corrected chi connectivity index (χ3v) is 6.64. The fourth-order valence-electron chi connectivity index (χ4n) is 4.36. The second-order valence-corrected chi connectivity index (χ2v) is 11.3. The Hall–Kier alpha value is -2.73. The molecule has 2 atom stereocenters. The van der Waals surface area contributed by atoms with Crippen LogP contribution in [-0.2, 0) is 14.3 Å². The summed E-state index contributed by atoms with van der Waals surface area (Å²) in [6.45, 7) is 6.87. The van der Waals surface area contributed by atoms with Crippen molar-refractivity contribution in [2.45, 2.75) is 89.9 Å². The number of rotatable bonds is 10. The molecule has 8 nitrogen and oxygen atoms in total. The molecule has 2 rings (SSSR count). The maximum Gasteiger partial charge on any atom is 0.408 e. The average Bonchev–Trinajstić information content (AvgIpc) is 2.80. The normalized spacial score (nSPS) is 15.8. The van der Waals surface area contributed by atoms with Gasteiger partial charge in [-0.1, -0.05) is 49.1 Å². The molecule has 9 heteroatoms. The highest BCUT2D eigenvalue weighted by atomic mass is 32.2. The van der Waals surface area contributed by atoms with Gasteiger partial charge < -0.3 is 20.3 Å². The molecule has 0 radical (unpaired) electrons. The van der Waals surface area contributed by atoms with Crippen LogP contribution in [0, 0.1) is 18.3 Å². The highest BCUT2D eigenvalue weighted by molar-refractivity contribution is 7.98. The van der Waals surface area contributed by atoms with E-state index in [1.54, 1.807) is 38.6 Å². The van der Waals surface area contributed by atoms with Crippen LogP contribution in [-0.4, -0.2) is 59.0 Å². The molecule has 1 aliphatic carbocycles. The van der Waals surface area contributed by atoms with Gasteiger partial charge in [0, 0.05) is 6.04 Å². The largest absolute Gasteiger partial charge is 0.444 e. The summed E-state index contributed by atoms with van der Waals surface area (Å²) in [5.41, 5.74) is 0.846. The van der Waals surface area contributed by atoms with Gasteiger partial charge in [0.05, 0.1) is 6.07 Å². The maximum absolute atomic E-state index is 13.9. The minimum atomic E-state index is -0.990. The molecule has 1 aliphatic rings. The number of amides is 3. The number of nitrogens with one attached hydrogen (secondary N) is 2. The number of thioether (sulfide) groups is 1. The van der Waals surface area contributed by atoms with Crippen LogP contribution in [0.3, 0.4) is 0 Å². The summed E-state index contributed by atoms with van der Waals surface area (Å²) in [5.74, 6) is -0.186. The Labute approximate surface area is 219 Å². The summed E-state index contributed by atoms with van der Waals surface area (Å²) in [4.78, 5) is 41.3. The molecule has 0 aliphatic heterocycles. The average molecular weight is 517 g/mol. The zero-order valence-corrected chi connectivity index (χ0v) is 23.0. The van der Waals surface area contributed by atoms with Crippen molar-refractivity contribution in [3.63, 3.8) is 0 Å². The first-order valence-electron chi connectivity index (χ1n) is 12.6. The second kappa shape index (κ2) is 14.1. The molecule has 1 aromatic rings. The topological polar surface area (TPSA) is 112 Å². The lowest BCUT2D eigenvalue weighted by Gasteiger charge is -2.34. The molecular weight excluding hydrogens is 476 g/mol. The van der Waals surface area contributed by atoms with E-state index in [9.17, 15) is 19.6 Å². The lowest BCUT2D eigenvalue weighted by molar-refractivity contribution is -0.142. The van der Waals surface area contributed by atoms with Gasteiger partial charge in [0.15, 0.2) is 0 Å². The fourth-order valence-corrected chi connectivity index (χ4v) is 4.83. The lowest BCUT2D eigenvalue weighted by atomic mass is 9.94. The predicted molar refractivity (Wildman–Crippen MR) is 142 cm³/mol. The van der Waals surface area contributed by atoms with Crippen LogP contribution in [0.25, 0.3) is 0 Å².